The molecule has 0 radical (unpaired) electrons. The highest BCUT2D eigenvalue weighted by Gasteiger charge is 2.10. The first kappa shape index (κ1) is 13.6. The van der Waals surface area contributed by atoms with E-state index in [4.69, 9.17) is 5.84 Å². The second kappa shape index (κ2) is 5.88. The second-order valence-electron chi connectivity index (χ2n) is 3.91. The maximum Gasteiger partial charge on any atom is 0.258 e. The topological polar surface area (TPSA) is 140 Å². The summed E-state index contributed by atoms with van der Waals surface area (Å²) < 4.78 is 1.35. The lowest BCUT2D eigenvalue weighted by Gasteiger charge is -2.11. The van der Waals surface area contributed by atoms with Crippen molar-refractivity contribution in [2.24, 2.45) is 5.84 Å². The fourth-order valence-electron chi connectivity index (χ4n) is 1.24. The van der Waals surface area contributed by atoms with Crippen molar-refractivity contribution in [2.75, 3.05) is 31.4 Å². The lowest BCUT2D eigenvalue weighted by molar-refractivity contribution is -0.126. The maximum atomic E-state index is 11.5. The third-order valence-electron chi connectivity index (χ3n) is 2.27. The largest absolute Gasteiger partial charge is 0.347 e. The summed E-state index contributed by atoms with van der Waals surface area (Å²) in [6.45, 7) is 0.0534. The van der Waals surface area contributed by atoms with Crippen LogP contribution in [-0.4, -0.2) is 61.2 Å². The average Bonchev–Trinajstić information content (AvgIpc) is 2.98. The van der Waals surface area contributed by atoms with Gasteiger partial charge in [-0.3, -0.25) is 10.2 Å². The summed E-state index contributed by atoms with van der Waals surface area (Å²) in [6, 6.07) is 0. The van der Waals surface area contributed by atoms with E-state index in [1.54, 1.807) is 14.1 Å². The molecule has 11 heteroatoms. The first-order valence-corrected chi connectivity index (χ1v) is 5.62. The number of carbonyl (C=O) groups excluding carboxylic acids is 1. The van der Waals surface area contributed by atoms with E-state index in [1.165, 1.54) is 22.2 Å². The molecule has 2 aromatic rings. The number of nitrogen functional groups attached to an aromatic ring is 1. The minimum absolute atomic E-state index is 0.0534. The molecule has 0 bridgehead atoms. The number of hydrogen-bond donors (Lipinski definition) is 3. The van der Waals surface area contributed by atoms with Crippen LogP contribution in [0.1, 0.15) is 0 Å². The lowest BCUT2D eigenvalue weighted by atomic mass is 10.5. The van der Waals surface area contributed by atoms with Crippen LogP contribution in [-0.2, 0) is 4.79 Å². The molecule has 0 saturated carbocycles. The number of nitrogens with zero attached hydrogens (tertiary/aromatic N) is 7. The quantitative estimate of drug-likeness (QED) is 0.428. The van der Waals surface area contributed by atoms with Gasteiger partial charge < -0.3 is 10.2 Å². The van der Waals surface area contributed by atoms with Crippen LogP contribution >= 0.6 is 0 Å². The maximum absolute atomic E-state index is 11.5. The lowest BCUT2D eigenvalue weighted by Crippen LogP contribution is -2.29. The molecule has 20 heavy (non-hydrogen) atoms. The van der Waals surface area contributed by atoms with Crippen LogP contribution in [0.15, 0.2) is 12.7 Å². The molecule has 0 aliphatic carbocycles. The predicted octanol–water partition coefficient (Wildman–Crippen LogP) is -1.76. The Kier molecular flexibility index (Phi) is 4.00. The summed E-state index contributed by atoms with van der Waals surface area (Å²) in [5, 5.41) is 6.70. The number of hydrazine groups is 1. The Morgan fingerprint density at radius 2 is 2.10 bits per heavy atom. The fourth-order valence-corrected chi connectivity index (χ4v) is 1.24. The van der Waals surface area contributed by atoms with E-state index in [0.717, 1.165) is 0 Å². The molecular weight excluding hydrogens is 264 g/mol. The van der Waals surface area contributed by atoms with Crippen LogP contribution in [0.25, 0.3) is 5.95 Å². The Labute approximate surface area is 114 Å². The Morgan fingerprint density at radius 1 is 1.35 bits per heavy atom. The van der Waals surface area contributed by atoms with Crippen LogP contribution in [0.4, 0.5) is 11.9 Å². The van der Waals surface area contributed by atoms with Gasteiger partial charge in [0.25, 0.3) is 5.95 Å². The summed E-state index contributed by atoms with van der Waals surface area (Å²) in [5.41, 5.74) is 2.32. The number of nitrogens with one attached hydrogen (secondary N) is 2. The zero-order valence-corrected chi connectivity index (χ0v) is 11.0. The Balaban J connectivity index is 2.20. The summed E-state index contributed by atoms with van der Waals surface area (Å²) in [7, 11) is 3.32. The van der Waals surface area contributed by atoms with Gasteiger partial charge in [-0.2, -0.15) is 24.7 Å². The first-order chi connectivity index (χ1) is 9.60. The van der Waals surface area contributed by atoms with Gasteiger partial charge in [0, 0.05) is 14.1 Å². The number of amides is 1. The van der Waals surface area contributed by atoms with Crippen molar-refractivity contribution < 1.29 is 4.79 Å². The molecule has 11 nitrogen and oxygen atoms in total. The van der Waals surface area contributed by atoms with Crippen LogP contribution < -0.4 is 16.6 Å². The highest BCUT2D eigenvalue weighted by Crippen LogP contribution is 2.07. The third-order valence-corrected chi connectivity index (χ3v) is 2.27. The molecule has 1 amide bonds. The molecule has 0 aliphatic heterocycles. The van der Waals surface area contributed by atoms with Gasteiger partial charge in [-0.1, -0.05) is 0 Å². The normalized spacial score (nSPS) is 10.2. The van der Waals surface area contributed by atoms with Crippen LogP contribution in [0.3, 0.4) is 0 Å². The first-order valence-electron chi connectivity index (χ1n) is 5.62. The molecule has 0 spiro atoms. The zero-order valence-electron chi connectivity index (χ0n) is 11.0. The van der Waals surface area contributed by atoms with Crippen LogP contribution in [0, 0.1) is 0 Å². The van der Waals surface area contributed by atoms with Crippen molar-refractivity contribution in [2.45, 2.75) is 0 Å². The molecule has 0 saturated heterocycles. The zero-order chi connectivity index (χ0) is 14.5. The number of rotatable bonds is 5. The van der Waals surface area contributed by atoms with Gasteiger partial charge >= 0.3 is 0 Å². The Hall–Kier alpha value is -2.82. The van der Waals surface area contributed by atoms with E-state index < -0.39 is 0 Å². The van der Waals surface area contributed by atoms with Crippen LogP contribution in [0.2, 0.25) is 0 Å². The van der Waals surface area contributed by atoms with Gasteiger partial charge in [0.05, 0.1) is 6.54 Å². The van der Waals surface area contributed by atoms with Crippen molar-refractivity contribution in [1.29, 1.82) is 0 Å². The van der Waals surface area contributed by atoms with Gasteiger partial charge in [-0.15, -0.1) is 0 Å². The molecule has 0 aromatic carbocycles. The van der Waals surface area contributed by atoms with Crippen molar-refractivity contribution in [3.8, 4) is 5.95 Å². The molecule has 0 aliphatic rings. The number of likely N-dealkylation sites (N-methyl/N-ethyl adjacent to an activating group) is 1. The molecule has 2 rings (SSSR count). The molecule has 2 heterocycles. The molecule has 4 N–H and O–H groups in total. The van der Waals surface area contributed by atoms with Gasteiger partial charge in [0.15, 0.2) is 0 Å². The molecule has 0 atom stereocenters. The summed E-state index contributed by atoms with van der Waals surface area (Å²) in [5.74, 6) is 5.75. The minimum Gasteiger partial charge on any atom is -0.347 e. The fraction of sp³-hybridized carbons (Fsp3) is 0.333. The van der Waals surface area contributed by atoms with Crippen molar-refractivity contribution >= 4 is 17.8 Å². The van der Waals surface area contributed by atoms with E-state index in [2.05, 4.69) is 35.8 Å². The van der Waals surface area contributed by atoms with Gasteiger partial charge in [0.1, 0.15) is 12.7 Å². The third kappa shape index (κ3) is 3.14. The molecule has 0 fully saturated rings. The number of carbonyl (C=O) groups is 1. The highest BCUT2D eigenvalue weighted by atomic mass is 16.2. The highest BCUT2D eigenvalue weighted by molar-refractivity contribution is 5.79. The number of aromatic nitrogens is 6. The molecule has 106 valence electrons. The standard InChI is InChI=1S/C9H14N10O/c1-18(2)6(20)3-12-7-14-8(17-10)16-9(15-7)19-5-11-4-13-19/h4-5H,3,10H2,1-2H3,(H2,12,14,15,16,17). The van der Waals surface area contributed by atoms with E-state index in [0.29, 0.717) is 0 Å². The van der Waals surface area contributed by atoms with Crippen molar-refractivity contribution in [3.05, 3.63) is 12.7 Å². The summed E-state index contributed by atoms with van der Waals surface area (Å²) in [6.07, 6.45) is 2.78. The molecular formula is C9H14N10O. The smallest absolute Gasteiger partial charge is 0.258 e. The Morgan fingerprint density at radius 3 is 2.70 bits per heavy atom. The summed E-state index contributed by atoms with van der Waals surface area (Å²) in [4.78, 5) is 28.9. The second-order valence-corrected chi connectivity index (χ2v) is 3.91. The number of hydrogen-bond acceptors (Lipinski definition) is 9. The van der Waals surface area contributed by atoms with Gasteiger partial charge in [-0.25, -0.2) is 10.8 Å². The monoisotopic (exact) mass is 278 g/mol. The van der Waals surface area contributed by atoms with E-state index >= 15 is 0 Å². The van der Waals surface area contributed by atoms with E-state index in [1.807, 2.05) is 0 Å². The average molecular weight is 278 g/mol. The van der Waals surface area contributed by atoms with Gasteiger partial charge in [-0.05, 0) is 0 Å². The molecule has 2 aromatic heterocycles. The van der Waals surface area contributed by atoms with Crippen molar-refractivity contribution in [1.82, 2.24) is 34.6 Å². The van der Waals surface area contributed by atoms with E-state index in [9.17, 15) is 4.79 Å². The van der Waals surface area contributed by atoms with Crippen molar-refractivity contribution in [3.63, 3.8) is 0 Å². The SMILES string of the molecule is CN(C)C(=O)CNc1nc(NN)nc(-n2cncn2)n1. The minimum atomic E-state index is -0.116. The number of anilines is 2. The summed E-state index contributed by atoms with van der Waals surface area (Å²) >= 11 is 0. The molecule has 0 unspecified atom stereocenters. The Bertz CT molecular complexity index is 580. The predicted molar refractivity (Wildman–Crippen MR) is 69.7 cm³/mol. The number of nitrogens with two attached hydrogens (primary N) is 1. The van der Waals surface area contributed by atoms with E-state index in [-0.39, 0.29) is 30.3 Å². The van der Waals surface area contributed by atoms with Gasteiger partial charge in [0.2, 0.25) is 17.8 Å². The van der Waals surface area contributed by atoms with Crippen LogP contribution in [0.5, 0.6) is 0 Å².